The molecule has 0 saturated carbocycles. The van der Waals surface area contributed by atoms with Crippen molar-refractivity contribution >= 4 is 33.3 Å². The molecule has 0 bridgehead atoms. The molecule has 124 valence electrons. The summed E-state index contributed by atoms with van der Waals surface area (Å²) in [7, 11) is 0. The molecule has 0 amide bonds. The highest BCUT2D eigenvalue weighted by atomic mass is 35.5. The number of hydrogen-bond acceptors (Lipinski definition) is 3. The third-order valence-electron chi connectivity index (χ3n) is 4.15. The molecule has 0 unspecified atom stereocenters. The first kappa shape index (κ1) is 15.7. The Kier molecular flexibility index (Phi) is 4.12. The maximum Gasteiger partial charge on any atom is 0.261 e. The zero-order valence-electron chi connectivity index (χ0n) is 13.4. The second-order valence-corrected chi connectivity index (χ2v) is 6.11. The molecule has 0 atom stereocenters. The van der Waals surface area contributed by atoms with Crippen molar-refractivity contribution in [1.82, 2.24) is 9.55 Å². The molecule has 1 heterocycles. The van der Waals surface area contributed by atoms with Gasteiger partial charge in [0, 0.05) is 15.8 Å². The van der Waals surface area contributed by atoms with Gasteiger partial charge in [-0.3, -0.25) is 9.36 Å². The number of aromatic nitrogens is 2. The van der Waals surface area contributed by atoms with Gasteiger partial charge in [-0.1, -0.05) is 48.0 Å². The first-order valence-corrected chi connectivity index (χ1v) is 8.36. The van der Waals surface area contributed by atoms with Gasteiger partial charge in [0.1, 0.15) is 12.4 Å². The van der Waals surface area contributed by atoms with Crippen LogP contribution >= 0.6 is 11.6 Å². The summed E-state index contributed by atoms with van der Waals surface area (Å²) in [6, 6.07) is 18.8. The summed E-state index contributed by atoms with van der Waals surface area (Å²) in [6.45, 7) is 0.791. The average molecular weight is 351 g/mol. The topological polar surface area (TPSA) is 44.1 Å². The fraction of sp³-hybridized carbons (Fsp3) is 0.100. The smallest absolute Gasteiger partial charge is 0.261 e. The molecular weight excluding hydrogens is 336 g/mol. The first-order chi connectivity index (χ1) is 12.2. The molecule has 25 heavy (non-hydrogen) atoms. The summed E-state index contributed by atoms with van der Waals surface area (Å²) in [5.74, 6) is 0.752. The Morgan fingerprint density at radius 2 is 1.64 bits per heavy atom. The number of rotatable bonds is 4. The number of halogens is 1. The Morgan fingerprint density at radius 3 is 2.48 bits per heavy atom. The normalized spacial score (nSPS) is 11.1. The first-order valence-electron chi connectivity index (χ1n) is 7.98. The lowest BCUT2D eigenvalue weighted by Gasteiger charge is -2.11. The average Bonchev–Trinajstić information content (AvgIpc) is 2.66. The van der Waals surface area contributed by atoms with Gasteiger partial charge >= 0.3 is 0 Å². The predicted molar refractivity (Wildman–Crippen MR) is 100 cm³/mol. The molecule has 4 rings (SSSR count). The Balaban J connectivity index is 1.57. The van der Waals surface area contributed by atoms with Crippen LogP contribution in [-0.4, -0.2) is 16.2 Å². The maximum atomic E-state index is 12.5. The van der Waals surface area contributed by atoms with E-state index in [0.717, 1.165) is 16.5 Å². The van der Waals surface area contributed by atoms with E-state index in [1.165, 1.54) is 0 Å². The van der Waals surface area contributed by atoms with E-state index < -0.39 is 0 Å². The highest BCUT2D eigenvalue weighted by Gasteiger charge is 2.07. The van der Waals surface area contributed by atoms with E-state index in [4.69, 9.17) is 16.3 Å². The highest BCUT2D eigenvalue weighted by molar-refractivity contribution is 6.35. The summed E-state index contributed by atoms with van der Waals surface area (Å²) in [5.41, 5.74) is 0.642. The highest BCUT2D eigenvalue weighted by Crippen LogP contribution is 2.31. The van der Waals surface area contributed by atoms with Crippen LogP contribution < -0.4 is 10.3 Å². The minimum atomic E-state index is -0.0600. The van der Waals surface area contributed by atoms with Gasteiger partial charge in [0.05, 0.1) is 23.8 Å². The molecular formula is C20H15ClN2O2. The molecule has 5 heteroatoms. The molecule has 0 N–H and O–H groups in total. The van der Waals surface area contributed by atoms with Crippen LogP contribution in [0.4, 0.5) is 0 Å². The second kappa shape index (κ2) is 6.57. The number of para-hydroxylation sites is 1. The molecule has 0 radical (unpaired) electrons. The Morgan fingerprint density at radius 1 is 0.920 bits per heavy atom. The summed E-state index contributed by atoms with van der Waals surface area (Å²) < 4.78 is 7.47. The lowest BCUT2D eigenvalue weighted by Crippen LogP contribution is -2.23. The van der Waals surface area contributed by atoms with E-state index in [1.807, 2.05) is 54.6 Å². The summed E-state index contributed by atoms with van der Waals surface area (Å²) in [4.78, 5) is 16.8. The molecule has 0 saturated heterocycles. The third-order valence-corrected chi connectivity index (χ3v) is 4.48. The third kappa shape index (κ3) is 2.96. The van der Waals surface area contributed by atoms with Crippen molar-refractivity contribution in [3.63, 3.8) is 0 Å². The number of fused-ring (bicyclic) bond motifs is 2. The lowest BCUT2D eigenvalue weighted by molar-refractivity contribution is 0.299. The van der Waals surface area contributed by atoms with Crippen molar-refractivity contribution in [2.45, 2.75) is 6.54 Å². The molecule has 4 aromatic rings. The van der Waals surface area contributed by atoms with Gasteiger partial charge in [0.15, 0.2) is 0 Å². The van der Waals surface area contributed by atoms with Gasteiger partial charge in [-0.15, -0.1) is 0 Å². The van der Waals surface area contributed by atoms with Gasteiger partial charge < -0.3 is 4.74 Å². The van der Waals surface area contributed by atoms with Crippen LogP contribution in [0.5, 0.6) is 5.75 Å². The van der Waals surface area contributed by atoms with Gasteiger partial charge in [-0.25, -0.2) is 4.98 Å². The lowest BCUT2D eigenvalue weighted by atomic mass is 10.1. The molecule has 3 aromatic carbocycles. The van der Waals surface area contributed by atoms with Gasteiger partial charge in [0.25, 0.3) is 5.56 Å². The fourth-order valence-corrected chi connectivity index (χ4v) is 3.11. The van der Waals surface area contributed by atoms with Crippen LogP contribution in [-0.2, 0) is 6.54 Å². The summed E-state index contributed by atoms with van der Waals surface area (Å²) in [6.07, 6.45) is 1.56. The quantitative estimate of drug-likeness (QED) is 0.551. The van der Waals surface area contributed by atoms with Crippen molar-refractivity contribution in [3.05, 3.63) is 82.4 Å². The molecule has 1 aromatic heterocycles. The number of hydrogen-bond donors (Lipinski definition) is 0. The van der Waals surface area contributed by atoms with E-state index >= 15 is 0 Å². The SMILES string of the molecule is O=c1c2ccccc2ncn1CCOc1ccc(Cl)c2ccccc12. The van der Waals surface area contributed by atoms with Crippen LogP contribution in [0, 0.1) is 0 Å². The van der Waals surface area contributed by atoms with E-state index in [-0.39, 0.29) is 5.56 Å². The Hall–Kier alpha value is -2.85. The number of nitrogens with zero attached hydrogens (tertiary/aromatic N) is 2. The Labute approximate surface area is 149 Å². The molecule has 0 aliphatic heterocycles. The fourth-order valence-electron chi connectivity index (χ4n) is 2.88. The molecule has 0 fully saturated rings. The van der Waals surface area contributed by atoms with Crippen LogP contribution in [0.1, 0.15) is 0 Å². The minimum Gasteiger partial charge on any atom is -0.491 e. The van der Waals surface area contributed by atoms with Crippen LogP contribution in [0.2, 0.25) is 5.02 Å². The zero-order chi connectivity index (χ0) is 17.2. The largest absolute Gasteiger partial charge is 0.491 e. The van der Waals surface area contributed by atoms with Crippen molar-refractivity contribution in [2.75, 3.05) is 6.61 Å². The van der Waals surface area contributed by atoms with Gasteiger partial charge in [0.2, 0.25) is 0 Å². The molecule has 4 nitrogen and oxygen atoms in total. The van der Waals surface area contributed by atoms with Crippen LogP contribution in [0.25, 0.3) is 21.7 Å². The number of ether oxygens (including phenoxy) is 1. The van der Waals surface area contributed by atoms with Gasteiger partial charge in [-0.2, -0.15) is 0 Å². The summed E-state index contributed by atoms with van der Waals surface area (Å²) >= 11 is 6.23. The van der Waals surface area contributed by atoms with Crippen molar-refractivity contribution < 1.29 is 4.74 Å². The number of benzene rings is 3. The van der Waals surface area contributed by atoms with E-state index in [9.17, 15) is 4.79 Å². The van der Waals surface area contributed by atoms with Crippen molar-refractivity contribution in [3.8, 4) is 5.75 Å². The van der Waals surface area contributed by atoms with E-state index in [1.54, 1.807) is 17.0 Å². The monoisotopic (exact) mass is 350 g/mol. The zero-order valence-corrected chi connectivity index (χ0v) is 14.1. The Bertz CT molecular complexity index is 1120. The molecule has 0 aliphatic rings. The van der Waals surface area contributed by atoms with Gasteiger partial charge in [-0.05, 0) is 24.3 Å². The summed E-state index contributed by atoms with van der Waals surface area (Å²) in [5, 5.41) is 3.21. The molecule has 0 aliphatic carbocycles. The van der Waals surface area contributed by atoms with Crippen LogP contribution in [0.15, 0.2) is 71.8 Å². The second-order valence-electron chi connectivity index (χ2n) is 5.70. The van der Waals surface area contributed by atoms with Crippen molar-refractivity contribution in [1.29, 1.82) is 0 Å². The minimum absolute atomic E-state index is 0.0600. The predicted octanol–water partition coefficient (Wildman–Crippen LogP) is 4.28. The van der Waals surface area contributed by atoms with Crippen molar-refractivity contribution in [2.24, 2.45) is 0 Å². The molecule has 0 spiro atoms. The van der Waals surface area contributed by atoms with Crippen LogP contribution in [0.3, 0.4) is 0 Å². The standard InChI is InChI=1S/C20H15ClN2O2/c21-17-9-10-19(15-6-2-1-5-14(15)17)25-12-11-23-13-22-18-8-4-3-7-16(18)20(23)24/h1-10,13H,11-12H2. The van der Waals surface area contributed by atoms with E-state index in [0.29, 0.717) is 29.1 Å². The van der Waals surface area contributed by atoms with E-state index in [2.05, 4.69) is 4.98 Å². The maximum absolute atomic E-state index is 12.5.